The van der Waals surface area contributed by atoms with E-state index in [9.17, 15) is 18.7 Å². The first-order chi connectivity index (χ1) is 17.9. The fourth-order valence-corrected chi connectivity index (χ4v) is 6.02. The van der Waals surface area contributed by atoms with Crippen LogP contribution in [0.1, 0.15) is 41.6 Å². The Balaban J connectivity index is 1.21. The van der Waals surface area contributed by atoms with E-state index in [-0.39, 0.29) is 30.4 Å². The number of aliphatic hydroxyl groups is 1. The third-order valence-electron chi connectivity index (χ3n) is 7.15. The number of nitrogens with one attached hydrogen (secondary N) is 2. The van der Waals surface area contributed by atoms with Crippen LogP contribution in [0.4, 0.5) is 8.78 Å². The van der Waals surface area contributed by atoms with E-state index in [0.717, 1.165) is 32.4 Å². The average molecular weight is 519 g/mol. The molecule has 0 unspecified atom stereocenters. The van der Waals surface area contributed by atoms with E-state index in [1.807, 2.05) is 30.3 Å². The summed E-state index contributed by atoms with van der Waals surface area (Å²) in [6.45, 7) is 0. The summed E-state index contributed by atoms with van der Waals surface area (Å²) in [5.74, 6) is -1.60. The highest BCUT2D eigenvalue weighted by molar-refractivity contribution is 7.16. The number of benzene rings is 3. The SMILES string of the molecule is O=C(N[C@@H]1CCC[C@](O)(Cc2c(F)cccc2F)C1)c1ccc2[nH]nc(-c3ccc4ncsc4c3)c2c1. The minimum Gasteiger partial charge on any atom is -0.389 e. The van der Waals surface area contributed by atoms with Gasteiger partial charge in [-0.05, 0) is 68.1 Å². The van der Waals surface area contributed by atoms with Gasteiger partial charge in [-0.1, -0.05) is 12.1 Å². The van der Waals surface area contributed by atoms with Crippen molar-refractivity contribution in [3.05, 3.63) is 82.9 Å². The van der Waals surface area contributed by atoms with Gasteiger partial charge in [0.2, 0.25) is 0 Å². The molecule has 0 saturated heterocycles. The molecule has 0 aliphatic heterocycles. The Hall–Kier alpha value is -3.69. The number of hydrogen-bond acceptors (Lipinski definition) is 5. The van der Waals surface area contributed by atoms with Crippen molar-refractivity contribution in [1.82, 2.24) is 20.5 Å². The standard InChI is InChI=1S/C28H24F2N4O2S/c29-21-4-1-5-22(30)20(21)14-28(36)10-2-3-18(13-28)32-27(35)17-7-8-23-19(11-17)26(34-33-23)16-6-9-24-25(12-16)37-15-31-24/h1,4-9,11-12,15,18,36H,2-3,10,13-14H2,(H,32,35)(H,33,34)/t18-,28-/m1/s1. The molecule has 37 heavy (non-hydrogen) atoms. The first-order valence-corrected chi connectivity index (χ1v) is 13.0. The molecular formula is C28H24F2N4O2S. The zero-order valence-electron chi connectivity index (χ0n) is 19.8. The number of halogens is 2. The Morgan fingerprint density at radius 1 is 1.16 bits per heavy atom. The van der Waals surface area contributed by atoms with Crippen molar-refractivity contribution in [2.24, 2.45) is 0 Å². The summed E-state index contributed by atoms with van der Waals surface area (Å²) in [4.78, 5) is 17.5. The Labute approximate surface area is 215 Å². The zero-order valence-corrected chi connectivity index (χ0v) is 20.6. The topological polar surface area (TPSA) is 90.9 Å². The molecule has 0 bridgehead atoms. The number of fused-ring (bicyclic) bond motifs is 2. The highest BCUT2D eigenvalue weighted by atomic mass is 32.1. The molecule has 0 spiro atoms. The molecule has 3 N–H and O–H groups in total. The minimum absolute atomic E-state index is 0.119. The van der Waals surface area contributed by atoms with E-state index in [4.69, 9.17) is 0 Å². The van der Waals surface area contributed by atoms with Gasteiger partial charge in [0.15, 0.2) is 0 Å². The normalized spacial score (nSPS) is 19.9. The van der Waals surface area contributed by atoms with Crippen molar-refractivity contribution in [2.75, 3.05) is 0 Å². The van der Waals surface area contributed by atoms with Crippen LogP contribution >= 0.6 is 11.3 Å². The fraction of sp³-hybridized carbons (Fsp3) is 0.250. The molecule has 1 fully saturated rings. The van der Waals surface area contributed by atoms with Crippen LogP contribution in [-0.4, -0.2) is 37.8 Å². The van der Waals surface area contributed by atoms with Crippen molar-refractivity contribution >= 4 is 38.4 Å². The van der Waals surface area contributed by atoms with Gasteiger partial charge in [-0.2, -0.15) is 5.10 Å². The smallest absolute Gasteiger partial charge is 0.251 e. The molecule has 2 heterocycles. The first kappa shape index (κ1) is 23.7. The van der Waals surface area contributed by atoms with Gasteiger partial charge in [0.05, 0.1) is 32.5 Å². The lowest BCUT2D eigenvalue weighted by Crippen LogP contribution is -2.47. The van der Waals surface area contributed by atoms with Crippen molar-refractivity contribution in [2.45, 2.75) is 43.7 Å². The maximum absolute atomic E-state index is 14.2. The molecule has 9 heteroatoms. The van der Waals surface area contributed by atoms with E-state index in [1.165, 1.54) is 18.2 Å². The number of carbonyl (C=O) groups is 1. The molecule has 2 aromatic heterocycles. The maximum atomic E-state index is 14.2. The number of carbonyl (C=O) groups excluding carboxylic acids is 1. The second-order valence-electron chi connectivity index (χ2n) is 9.74. The van der Waals surface area contributed by atoms with Gasteiger partial charge in [-0.15, -0.1) is 11.3 Å². The molecule has 3 aromatic carbocycles. The Morgan fingerprint density at radius 3 is 2.84 bits per heavy atom. The third-order valence-corrected chi connectivity index (χ3v) is 7.95. The molecule has 1 saturated carbocycles. The molecule has 188 valence electrons. The van der Waals surface area contributed by atoms with Crippen molar-refractivity contribution in [3.8, 4) is 11.3 Å². The van der Waals surface area contributed by atoms with Crippen LogP contribution in [0.15, 0.2) is 60.1 Å². The molecule has 1 amide bonds. The fourth-order valence-electron chi connectivity index (χ4n) is 5.30. The van der Waals surface area contributed by atoms with Crippen LogP contribution in [0.2, 0.25) is 0 Å². The van der Waals surface area contributed by atoms with Crippen molar-refractivity contribution in [3.63, 3.8) is 0 Å². The minimum atomic E-state index is -1.30. The Bertz CT molecular complexity index is 1610. The summed E-state index contributed by atoms with van der Waals surface area (Å²) in [6.07, 6.45) is 1.83. The molecular weight excluding hydrogens is 494 g/mol. The van der Waals surface area contributed by atoms with Crippen LogP contribution in [0.3, 0.4) is 0 Å². The van der Waals surface area contributed by atoms with Crippen molar-refractivity contribution in [1.29, 1.82) is 0 Å². The van der Waals surface area contributed by atoms with Gasteiger partial charge < -0.3 is 10.4 Å². The van der Waals surface area contributed by atoms with E-state index >= 15 is 0 Å². The number of amides is 1. The van der Waals surface area contributed by atoms with Crippen molar-refractivity contribution < 1.29 is 18.7 Å². The first-order valence-electron chi connectivity index (χ1n) is 12.2. The monoisotopic (exact) mass is 518 g/mol. The van der Waals surface area contributed by atoms with E-state index in [2.05, 4.69) is 20.5 Å². The van der Waals surface area contributed by atoms with Gasteiger partial charge in [-0.3, -0.25) is 9.89 Å². The summed E-state index contributed by atoms with van der Waals surface area (Å²) in [5, 5.41) is 22.5. The second kappa shape index (κ2) is 9.32. The van der Waals surface area contributed by atoms with Crippen LogP contribution in [0.5, 0.6) is 0 Å². The lowest BCUT2D eigenvalue weighted by atomic mass is 9.78. The lowest BCUT2D eigenvalue weighted by Gasteiger charge is -2.37. The predicted octanol–water partition coefficient (Wildman–Crippen LogP) is 5.76. The maximum Gasteiger partial charge on any atom is 0.251 e. The molecule has 2 atom stereocenters. The number of aromatic amines is 1. The number of hydrogen-bond donors (Lipinski definition) is 3. The van der Waals surface area contributed by atoms with E-state index in [0.29, 0.717) is 24.8 Å². The molecule has 0 radical (unpaired) electrons. The Morgan fingerprint density at radius 2 is 2.00 bits per heavy atom. The highest BCUT2D eigenvalue weighted by Gasteiger charge is 2.36. The molecule has 6 nitrogen and oxygen atoms in total. The van der Waals surface area contributed by atoms with Crippen LogP contribution in [-0.2, 0) is 6.42 Å². The summed E-state index contributed by atoms with van der Waals surface area (Å²) >= 11 is 1.56. The zero-order chi connectivity index (χ0) is 25.6. The van der Waals surface area contributed by atoms with Gasteiger partial charge in [0.1, 0.15) is 11.6 Å². The number of H-pyrrole nitrogens is 1. The number of rotatable bonds is 5. The summed E-state index contributed by atoms with van der Waals surface area (Å²) in [5.41, 5.74) is 4.29. The van der Waals surface area contributed by atoms with Gasteiger partial charge in [-0.25, -0.2) is 13.8 Å². The summed E-state index contributed by atoms with van der Waals surface area (Å²) in [7, 11) is 0. The van der Waals surface area contributed by atoms with Crippen LogP contribution < -0.4 is 5.32 Å². The molecule has 1 aliphatic rings. The van der Waals surface area contributed by atoms with E-state index < -0.39 is 17.2 Å². The highest BCUT2D eigenvalue weighted by Crippen LogP contribution is 2.34. The predicted molar refractivity (Wildman–Crippen MR) is 139 cm³/mol. The Kier molecular flexibility index (Phi) is 5.97. The molecule has 6 rings (SSSR count). The molecule has 1 aliphatic carbocycles. The van der Waals surface area contributed by atoms with Gasteiger partial charge >= 0.3 is 0 Å². The number of thiazole rings is 1. The quantitative estimate of drug-likeness (QED) is 0.276. The number of aromatic nitrogens is 3. The van der Waals surface area contributed by atoms with E-state index in [1.54, 1.807) is 22.9 Å². The second-order valence-corrected chi connectivity index (χ2v) is 10.6. The largest absolute Gasteiger partial charge is 0.389 e. The summed E-state index contributed by atoms with van der Waals surface area (Å²) < 4.78 is 29.4. The third kappa shape index (κ3) is 4.60. The summed E-state index contributed by atoms with van der Waals surface area (Å²) in [6, 6.07) is 14.7. The average Bonchev–Trinajstić information content (AvgIpc) is 3.52. The van der Waals surface area contributed by atoms with Gasteiger partial charge in [0, 0.05) is 34.5 Å². The lowest BCUT2D eigenvalue weighted by molar-refractivity contribution is -0.00754. The number of nitrogens with zero attached hydrogens (tertiary/aromatic N) is 2. The molecule has 5 aromatic rings. The van der Waals surface area contributed by atoms with Crippen LogP contribution in [0.25, 0.3) is 32.4 Å². The van der Waals surface area contributed by atoms with Crippen LogP contribution in [0, 0.1) is 11.6 Å². The van der Waals surface area contributed by atoms with Gasteiger partial charge in [0.25, 0.3) is 5.91 Å².